The number of rotatable bonds is 5. The first-order chi connectivity index (χ1) is 9.58. The van der Waals surface area contributed by atoms with Crippen molar-refractivity contribution in [2.45, 2.75) is 12.8 Å². The Morgan fingerprint density at radius 2 is 1.90 bits per heavy atom. The van der Waals surface area contributed by atoms with Gasteiger partial charge in [0.25, 0.3) is 11.1 Å². The summed E-state index contributed by atoms with van der Waals surface area (Å²) in [6, 6.07) is 10.1. The molecule has 1 fully saturated rings. The van der Waals surface area contributed by atoms with Crippen molar-refractivity contribution in [3.05, 3.63) is 47.0 Å². The summed E-state index contributed by atoms with van der Waals surface area (Å²) in [4.78, 5) is 27.5. The molecule has 1 saturated heterocycles. The fourth-order valence-electron chi connectivity index (χ4n) is 2.00. The Bertz CT molecular complexity index is 526. The smallest absolute Gasteiger partial charge is 0.293 e. The van der Waals surface area contributed by atoms with Crippen LogP contribution in [-0.4, -0.2) is 41.6 Å². The molecule has 2 amide bonds. The van der Waals surface area contributed by atoms with E-state index in [4.69, 9.17) is 0 Å². The zero-order valence-corrected chi connectivity index (χ0v) is 12.5. The lowest BCUT2D eigenvalue weighted by atomic mass is 10.1. The Kier molecular flexibility index (Phi) is 4.84. The molecule has 1 aliphatic heterocycles. The van der Waals surface area contributed by atoms with Crippen LogP contribution in [0.1, 0.15) is 12.0 Å². The van der Waals surface area contributed by atoms with E-state index in [1.165, 1.54) is 10.5 Å². The van der Waals surface area contributed by atoms with E-state index in [0.717, 1.165) is 24.6 Å². The van der Waals surface area contributed by atoms with Crippen molar-refractivity contribution in [1.29, 1.82) is 0 Å². The number of nitrogens with zero attached hydrogens (tertiary/aromatic N) is 2. The highest BCUT2D eigenvalue weighted by Gasteiger charge is 2.34. The lowest BCUT2D eigenvalue weighted by Gasteiger charge is -2.12. The van der Waals surface area contributed by atoms with E-state index in [2.05, 4.69) is 12.1 Å². The number of imide groups is 1. The third-order valence-corrected chi connectivity index (χ3v) is 3.83. The molecule has 0 aliphatic carbocycles. The van der Waals surface area contributed by atoms with Gasteiger partial charge in [0.15, 0.2) is 0 Å². The van der Waals surface area contributed by atoms with Gasteiger partial charge in [0.05, 0.1) is 4.91 Å². The average molecular weight is 290 g/mol. The lowest BCUT2D eigenvalue weighted by molar-refractivity contribution is -0.122. The van der Waals surface area contributed by atoms with Crippen LogP contribution in [0.3, 0.4) is 0 Å². The number of carbonyl (C=O) groups is 2. The second kappa shape index (κ2) is 6.61. The van der Waals surface area contributed by atoms with Crippen LogP contribution in [0, 0.1) is 0 Å². The van der Waals surface area contributed by atoms with Crippen LogP contribution < -0.4 is 0 Å². The molecule has 0 unspecified atom stereocenters. The second-order valence-corrected chi connectivity index (χ2v) is 5.86. The quantitative estimate of drug-likeness (QED) is 0.782. The van der Waals surface area contributed by atoms with Crippen molar-refractivity contribution in [1.82, 2.24) is 9.80 Å². The first kappa shape index (κ1) is 14.7. The highest BCUT2D eigenvalue weighted by atomic mass is 32.2. The van der Waals surface area contributed by atoms with Crippen molar-refractivity contribution in [3.63, 3.8) is 0 Å². The fourth-order valence-corrected chi connectivity index (χ4v) is 2.94. The fraction of sp³-hybridized carbons (Fsp3) is 0.333. The van der Waals surface area contributed by atoms with Crippen molar-refractivity contribution in [2.75, 3.05) is 20.6 Å². The third-order valence-electron chi connectivity index (χ3n) is 2.94. The van der Waals surface area contributed by atoms with E-state index >= 15 is 0 Å². The Hall–Kier alpha value is -1.75. The van der Waals surface area contributed by atoms with Gasteiger partial charge in [-0.1, -0.05) is 30.3 Å². The largest absolute Gasteiger partial charge is 0.382 e. The topological polar surface area (TPSA) is 40.6 Å². The second-order valence-electron chi connectivity index (χ2n) is 4.87. The van der Waals surface area contributed by atoms with E-state index in [0.29, 0.717) is 11.4 Å². The molecule has 0 atom stereocenters. The highest BCUT2D eigenvalue weighted by Crippen LogP contribution is 2.30. The van der Waals surface area contributed by atoms with Crippen molar-refractivity contribution in [3.8, 4) is 0 Å². The molecule has 0 saturated carbocycles. The summed E-state index contributed by atoms with van der Waals surface area (Å²) in [6.45, 7) is 0.477. The van der Waals surface area contributed by atoms with Crippen molar-refractivity contribution < 1.29 is 9.59 Å². The standard InChI is InChI=1S/C15H18N2O2S/c1-16(2)11-13-14(18)17(15(19)20-13)10-6-9-12-7-4-3-5-8-12/h3-5,7-8,11H,6,9-10H2,1-2H3/b13-11-. The molecule has 0 spiro atoms. The summed E-state index contributed by atoms with van der Waals surface area (Å²) in [5.74, 6) is -0.179. The number of aryl methyl sites for hydroxylation is 1. The van der Waals surface area contributed by atoms with Crippen molar-refractivity contribution in [2.24, 2.45) is 0 Å². The number of hydrogen-bond acceptors (Lipinski definition) is 4. The molecule has 5 heteroatoms. The molecular weight excluding hydrogens is 272 g/mol. The minimum Gasteiger partial charge on any atom is -0.382 e. The molecule has 1 aromatic carbocycles. The van der Waals surface area contributed by atoms with Gasteiger partial charge in [-0.3, -0.25) is 14.5 Å². The number of benzene rings is 1. The SMILES string of the molecule is CN(C)/C=C1\SC(=O)N(CCCc2ccccc2)C1=O. The zero-order valence-electron chi connectivity index (χ0n) is 11.7. The third kappa shape index (κ3) is 3.63. The maximum absolute atomic E-state index is 12.1. The molecule has 1 aromatic rings. The zero-order chi connectivity index (χ0) is 14.5. The molecule has 2 rings (SSSR count). The van der Waals surface area contributed by atoms with Crippen LogP contribution in [-0.2, 0) is 11.2 Å². The van der Waals surface area contributed by atoms with Gasteiger partial charge in [-0.25, -0.2) is 0 Å². The van der Waals surface area contributed by atoms with Gasteiger partial charge in [-0.15, -0.1) is 0 Å². The maximum Gasteiger partial charge on any atom is 0.293 e. The van der Waals surface area contributed by atoms with Gasteiger partial charge in [-0.2, -0.15) is 0 Å². The Morgan fingerprint density at radius 3 is 2.55 bits per heavy atom. The van der Waals surface area contributed by atoms with Gasteiger partial charge in [0, 0.05) is 26.8 Å². The van der Waals surface area contributed by atoms with E-state index in [1.54, 1.807) is 11.1 Å². The highest BCUT2D eigenvalue weighted by molar-refractivity contribution is 8.18. The Morgan fingerprint density at radius 1 is 1.20 bits per heavy atom. The maximum atomic E-state index is 12.1. The minimum absolute atomic E-state index is 0.170. The number of carbonyl (C=O) groups excluding carboxylic acids is 2. The summed E-state index contributed by atoms with van der Waals surface area (Å²) in [7, 11) is 3.67. The summed E-state index contributed by atoms with van der Waals surface area (Å²) >= 11 is 1.01. The molecule has 20 heavy (non-hydrogen) atoms. The summed E-state index contributed by atoms with van der Waals surface area (Å²) < 4.78 is 0. The molecule has 1 aliphatic rings. The minimum atomic E-state index is -0.179. The summed E-state index contributed by atoms with van der Waals surface area (Å²) in [5, 5.41) is -0.170. The van der Waals surface area contributed by atoms with Crippen molar-refractivity contribution >= 4 is 22.9 Å². The normalized spacial score (nSPS) is 17.1. The molecule has 106 valence electrons. The van der Waals surface area contributed by atoms with Gasteiger partial charge < -0.3 is 4.90 Å². The molecular formula is C15H18N2O2S. The molecule has 0 radical (unpaired) electrons. The van der Waals surface area contributed by atoms with Crippen LogP contribution in [0.15, 0.2) is 41.4 Å². The first-order valence-electron chi connectivity index (χ1n) is 6.54. The number of amides is 2. The molecule has 0 aromatic heterocycles. The monoisotopic (exact) mass is 290 g/mol. The van der Waals surface area contributed by atoms with E-state index in [-0.39, 0.29) is 11.1 Å². The first-order valence-corrected chi connectivity index (χ1v) is 7.35. The number of hydrogen-bond donors (Lipinski definition) is 0. The number of thioether (sulfide) groups is 1. The summed E-state index contributed by atoms with van der Waals surface area (Å²) in [5.41, 5.74) is 1.23. The van der Waals surface area contributed by atoms with Gasteiger partial charge in [-0.05, 0) is 30.2 Å². The Labute approximate surface area is 123 Å². The van der Waals surface area contributed by atoms with Crippen LogP contribution in [0.2, 0.25) is 0 Å². The molecule has 0 N–H and O–H groups in total. The van der Waals surface area contributed by atoms with Gasteiger partial charge >= 0.3 is 0 Å². The van der Waals surface area contributed by atoms with Gasteiger partial charge in [0.1, 0.15) is 0 Å². The van der Waals surface area contributed by atoms with E-state index in [9.17, 15) is 9.59 Å². The van der Waals surface area contributed by atoms with Crippen LogP contribution in [0.5, 0.6) is 0 Å². The summed E-state index contributed by atoms with van der Waals surface area (Å²) in [6.07, 6.45) is 3.36. The van der Waals surface area contributed by atoms with Crippen LogP contribution in [0.25, 0.3) is 0 Å². The van der Waals surface area contributed by atoms with Crippen LogP contribution >= 0.6 is 11.8 Å². The van der Waals surface area contributed by atoms with E-state index in [1.807, 2.05) is 32.3 Å². The average Bonchev–Trinajstić information content (AvgIpc) is 2.67. The predicted octanol–water partition coefficient (Wildman–Crippen LogP) is 2.72. The van der Waals surface area contributed by atoms with Gasteiger partial charge in [0.2, 0.25) is 0 Å². The predicted molar refractivity (Wildman–Crippen MR) is 81.2 cm³/mol. The molecule has 0 bridgehead atoms. The molecule has 4 nitrogen and oxygen atoms in total. The lowest BCUT2D eigenvalue weighted by Crippen LogP contribution is -2.29. The molecule has 1 heterocycles. The van der Waals surface area contributed by atoms with E-state index < -0.39 is 0 Å². The van der Waals surface area contributed by atoms with Crippen LogP contribution in [0.4, 0.5) is 4.79 Å². The Balaban J connectivity index is 1.90.